The summed E-state index contributed by atoms with van der Waals surface area (Å²) in [5.74, 6) is 1.19. The first-order valence-corrected chi connectivity index (χ1v) is 8.63. The van der Waals surface area contributed by atoms with Crippen LogP contribution in [0, 0.1) is 5.92 Å². The number of para-hydroxylation sites is 1. The third-order valence-corrected chi connectivity index (χ3v) is 4.24. The number of benzene rings is 1. The second-order valence-corrected chi connectivity index (χ2v) is 6.09. The molecule has 0 radical (unpaired) electrons. The van der Waals surface area contributed by atoms with Gasteiger partial charge in [0, 0.05) is 50.8 Å². The van der Waals surface area contributed by atoms with Crippen molar-refractivity contribution in [1.29, 1.82) is 0 Å². The number of anilines is 2. The first-order valence-electron chi connectivity index (χ1n) is 8.63. The quantitative estimate of drug-likeness (QED) is 0.669. The highest BCUT2D eigenvalue weighted by atomic mass is 16.2. The lowest BCUT2D eigenvalue weighted by atomic mass is 10.1. The van der Waals surface area contributed by atoms with Gasteiger partial charge in [-0.2, -0.15) is 0 Å². The Morgan fingerprint density at radius 1 is 1.16 bits per heavy atom. The zero-order chi connectivity index (χ0) is 17.3. The van der Waals surface area contributed by atoms with Crippen LogP contribution in [0.5, 0.6) is 0 Å². The van der Waals surface area contributed by atoms with Gasteiger partial charge in [-0.05, 0) is 24.5 Å². The van der Waals surface area contributed by atoms with Gasteiger partial charge in [-0.3, -0.25) is 4.98 Å². The van der Waals surface area contributed by atoms with Crippen molar-refractivity contribution < 1.29 is 4.79 Å². The minimum atomic E-state index is -0.126. The number of hydrogen-bond acceptors (Lipinski definition) is 5. The molecule has 0 spiro atoms. The highest BCUT2D eigenvalue weighted by molar-refractivity contribution is 5.73. The molecule has 25 heavy (non-hydrogen) atoms. The Morgan fingerprint density at radius 3 is 2.84 bits per heavy atom. The summed E-state index contributed by atoms with van der Waals surface area (Å²) in [6.45, 7) is 3.87. The SMILES string of the molecule is O=C(NCCNc1cnccn1)NCC1CCN(c2ccccc2)C1. The maximum Gasteiger partial charge on any atom is 0.314 e. The largest absolute Gasteiger partial charge is 0.371 e. The van der Waals surface area contributed by atoms with Crippen LogP contribution >= 0.6 is 0 Å². The van der Waals surface area contributed by atoms with Gasteiger partial charge >= 0.3 is 6.03 Å². The van der Waals surface area contributed by atoms with Crippen molar-refractivity contribution in [3.8, 4) is 0 Å². The molecule has 2 heterocycles. The van der Waals surface area contributed by atoms with Crippen LogP contribution in [0.2, 0.25) is 0 Å². The van der Waals surface area contributed by atoms with E-state index >= 15 is 0 Å². The molecule has 1 aromatic heterocycles. The summed E-state index contributed by atoms with van der Waals surface area (Å²) in [4.78, 5) is 22.3. The first kappa shape index (κ1) is 17.0. The molecule has 1 unspecified atom stereocenters. The van der Waals surface area contributed by atoms with Crippen LogP contribution in [0.3, 0.4) is 0 Å². The van der Waals surface area contributed by atoms with E-state index in [0.717, 1.165) is 19.5 Å². The number of rotatable bonds is 7. The Bertz CT molecular complexity index is 651. The fourth-order valence-electron chi connectivity index (χ4n) is 2.93. The van der Waals surface area contributed by atoms with Crippen LogP contribution < -0.4 is 20.9 Å². The molecule has 3 rings (SSSR count). The number of urea groups is 1. The van der Waals surface area contributed by atoms with Crippen LogP contribution in [0.25, 0.3) is 0 Å². The fourth-order valence-corrected chi connectivity index (χ4v) is 2.93. The van der Waals surface area contributed by atoms with E-state index < -0.39 is 0 Å². The zero-order valence-electron chi connectivity index (χ0n) is 14.2. The molecule has 1 saturated heterocycles. The molecule has 0 bridgehead atoms. The Morgan fingerprint density at radius 2 is 2.04 bits per heavy atom. The lowest BCUT2D eigenvalue weighted by Gasteiger charge is -2.18. The normalized spacial score (nSPS) is 16.5. The second-order valence-electron chi connectivity index (χ2n) is 6.09. The molecule has 0 saturated carbocycles. The molecule has 7 nitrogen and oxygen atoms in total. The molecule has 7 heteroatoms. The smallest absolute Gasteiger partial charge is 0.314 e. The van der Waals surface area contributed by atoms with Crippen molar-refractivity contribution in [2.24, 2.45) is 5.92 Å². The van der Waals surface area contributed by atoms with E-state index in [0.29, 0.717) is 31.4 Å². The third kappa shape index (κ3) is 5.34. The first-order chi connectivity index (χ1) is 12.3. The van der Waals surface area contributed by atoms with Crippen molar-refractivity contribution in [3.63, 3.8) is 0 Å². The number of carbonyl (C=O) groups is 1. The lowest BCUT2D eigenvalue weighted by Crippen LogP contribution is -2.40. The number of carbonyl (C=O) groups excluding carboxylic acids is 1. The molecule has 132 valence electrons. The minimum Gasteiger partial charge on any atom is -0.371 e. The second kappa shape index (κ2) is 8.86. The van der Waals surface area contributed by atoms with Gasteiger partial charge in [-0.25, -0.2) is 9.78 Å². The van der Waals surface area contributed by atoms with Crippen molar-refractivity contribution in [3.05, 3.63) is 48.9 Å². The van der Waals surface area contributed by atoms with E-state index in [4.69, 9.17) is 0 Å². The molecule has 1 fully saturated rings. The Hall–Kier alpha value is -2.83. The highest BCUT2D eigenvalue weighted by Gasteiger charge is 2.22. The number of aromatic nitrogens is 2. The van der Waals surface area contributed by atoms with Crippen molar-refractivity contribution in [2.45, 2.75) is 6.42 Å². The van der Waals surface area contributed by atoms with Gasteiger partial charge in [0.2, 0.25) is 0 Å². The van der Waals surface area contributed by atoms with Gasteiger partial charge in [0.05, 0.1) is 6.20 Å². The molecule has 1 atom stereocenters. The minimum absolute atomic E-state index is 0.126. The molecular formula is C18H24N6O. The lowest BCUT2D eigenvalue weighted by molar-refractivity contribution is 0.239. The summed E-state index contributed by atoms with van der Waals surface area (Å²) in [5, 5.41) is 8.91. The maximum atomic E-state index is 11.9. The average molecular weight is 340 g/mol. The predicted octanol–water partition coefficient (Wildman–Crippen LogP) is 1.71. The van der Waals surface area contributed by atoms with Gasteiger partial charge in [0.25, 0.3) is 0 Å². The average Bonchev–Trinajstić information content (AvgIpc) is 3.14. The summed E-state index contributed by atoms with van der Waals surface area (Å²) >= 11 is 0. The van der Waals surface area contributed by atoms with Crippen LogP contribution in [0.1, 0.15) is 6.42 Å². The Balaban J connectivity index is 1.29. The summed E-state index contributed by atoms with van der Waals surface area (Å²) < 4.78 is 0. The summed E-state index contributed by atoms with van der Waals surface area (Å²) in [6.07, 6.45) is 6.00. The van der Waals surface area contributed by atoms with Crippen molar-refractivity contribution >= 4 is 17.5 Å². The molecule has 2 aromatic rings. The number of hydrogen-bond donors (Lipinski definition) is 3. The standard InChI is InChI=1S/C18H24N6O/c25-18(22-10-9-21-17-13-19-7-8-20-17)23-12-15-6-11-24(14-15)16-4-2-1-3-5-16/h1-5,7-8,13,15H,6,9-12,14H2,(H,20,21)(H2,22,23,25). The van der Waals surface area contributed by atoms with E-state index in [-0.39, 0.29) is 6.03 Å². The number of nitrogens with zero attached hydrogens (tertiary/aromatic N) is 3. The van der Waals surface area contributed by atoms with Gasteiger partial charge in [0.1, 0.15) is 5.82 Å². The molecular weight excluding hydrogens is 316 g/mol. The topological polar surface area (TPSA) is 82.2 Å². The molecule has 1 aliphatic rings. The Kier molecular flexibility index (Phi) is 6.03. The van der Waals surface area contributed by atoms with Crippen molar-refractivity contribution in [1.82, 2.24) is 20.6 Å². The summed E-state index contributed by atoms with van der Waals surface area (Å²) in [7, 11) is 0. The van der Waals surface area contributed by atoms with Gasteiger partial charge in [-0.15, -0.1) is 0 Å². The fraction of sp³-hybridized carbons (Fsp3) is 0.389. The third-order valence-electron chi connectivity index (χ3n) is 4.24. The van der Waals surface area contributed by atoms with Gasteiger partial charge in [0.15, 0.2) is 0 Å². The predicted molar refractivity (Wildman–Crippen MR) is 98.7 cm³/mol. The van der Waals surface area contributed by atoms with Crippen LogP contribution in [-0.2, 0) is 0 Å². The number of nitrogens with one attached hydrogen (secondary N) is 3. The monoisotopic (exact) mass is 340 g/mol. The van der Waals surface area contributed by atoms with E-state index in [1.807, 2.05) is 6.07 Å². The van der Waals surface area contributed by atoms with Crippen LogP contribution in [0.4, 0.5) is 16.3 Å². The van der Waals surface area contributed by atoms with Crippen LogP contribution in [0.15, 0.2) is 48.9 Å². The molecule has 1 aliphatic heterocycles. The van der Waals surface area contributed by atoms with E-state index in [1.165, 1.54) is 5.69 Å². The molecule has 1 aromatic carbocycles. The maximum absolute atomic E-state index is 11.9. The zero-order valence-corrected chi connectivity index (χ0v) is 14.2. The van der Waals surface area contributed by atoms with E-state index in [2.05, 4.69) is 55.1 Å². The van der Waals surface area contributed by atoms with Crippen LogP contribution in [-0.4, -0.2) is 48.7 Å². The molecule has 3 N–H and O–H groups in total. The molecule has 2 amide bonds. The Labute approximate surface area is 147 Å². The van der Waals surface area contributed by atoms with E-state index in [1.54, 1.807) is 18.6 Å². The molecule has 0 aliphatic carbocycles. The summed E-state index contributed by atoms with van der Waals surface area (Å²) in [5.41, 5.74) is 1.25. The highest BCUT2D eigenvalue weighted by Crippen LogP contribution is 2.22. The van der Waals surface area contributed by atoms with Gasteiger partial charge < -0.3 is 20.9 Å². The van der Waals surface area contributed by atoms with Crippen molar-refractivity contribution in [2.75, 3.05) is 42.9 Å². The van der Waals surface area contributed by atoms with E-state index in [9.17, 15) is 4.79 Å². The number of amides is 2. The van der Waals surface area contributed by atoms with Gasteiger partial charge in [-0.1, -0.05) is 18.2 Å². The summed E-state index contributed by atoms with van der Waals surface area (Å²) in [6, 6.07) is 10.3.